The second-order valence-electron chi connectivity index (χ2n) is 5.51. The molecule has 9 heteroatoms. The van der Waals surface area contributed by atoms with Gasteiger partial charge in [-0.2, -0.15) is 0 Å². The number of ether oxygens (including phenoxy) is 1. The van der Waals surface area contributed by atoms with Crippen LogP contribution in [0.1, 0.15) is 5.69 Å². The number of methoxy groups -OCH3 is 1. The van der Waals surface area contributed by atoms with Gasteiger partial charge in [0, 0.05) is 18.5 Å². The summed E-state index contributed by atoms with van der Waals surface area (Å²) in [6, 6.07) is 4.88. The number of aromatic nitrogens is 5. The smallest absolute Gasteiger partial charge is 0.218 e. The zero-order valence-corrected chi connectivity index (χ0v) is 14.3. The molecule has 0 fully saturated rings. The van der Waals surface area contributed by atoms with Crippen LogP contribution in [0.25, 0.3) is 17.0 Å². The molecule has 0 aliphatic carbocycles. The largest absolute Gasteiger partial charge is 0.481 e. The van der Waals surface area contributed by atoms with Crippen molar-refractivity contribution >= 4 is 17.2 Å². The summed E-state index contributed by atoms with van der Waals surface area (Å²) in [5, 5.41) is 0.370. The van der Waals surface area contributed by atoms with Gasteiger partial charge in [-0.05, 0) is 18.2 Å². The predicted octanol–water partition coefficient (Wildman–Crippen LogP) is 3.58. The second kappa shape index (κ2) is 6.38. The fourth-order valence-corrected chi connectivity index (χ4v) is 2.91. The number of fused-ring (bicyclic) bond motifs is 1. The van der Waals surface area contributed by atoms with Crippen LogP contribution in [0.5, 0.6) is 5.88 Å². The Bertz CT molecular complexity index is 1110. The van der Waals surface area contributed by atoms with Crippen LogP contribution in [-0.4, -0.2) is 31.0 Å². The quantitative estimate of drug-likeness (QED) is 0.547. The van der Waals surface area contributed by atoms with Crippen LogP contribution < -0.4 is 4.74 Å². The van der Waals surface area contributed by atoms with Gasteiger partial charge in [0.15, 0.2) is 0 Å². The highest BCUT2D eigenvalue weighted by Crippen LogP contribution is 2.25. The molecule has 0 atom stereocenters. The van der Waals surface area contributed by atoms with E-state index < -0.39 is 11.6 Å². The van der Waals surface area contributed by atoms with Crippen molar-refractivity contribution < 1.29 is 13.5 Å². The molecule has 0 unspecified atom stereocenters. The summed E-state index contributed by atoms with van der Waals surface area (Å²) >= 11 is 6.38. The molecule has 1 aromatic carbocycles. The van der Waals surface area contributed by atoms with Gasteiger partial charge in [0.1, 0.15) is 34.6 Å². The first kappa shape index (κ1) is 16.5. The average molecular weight is 376 g/mol. The summed E-state index contributed by atoms with van der Waals surface area (Å²) in [6.45, 7) is 0.230. The van der Waals surface area contributed by atoms with Gasteiger partial charge >= 0.3 is 0 Å². The predicted molar refractivity (Wildman–Crippen MR) is 91.2 cm³/mol. The third kappa shape index (κ3) is 2.78. The molecule has 6 nitrogen and oxygen atoms in total. The molecule has 26 heavy (non-hydrogen) atoms. The Kier molecular flexibility index (Phi) is 4.04. The molecule has 0 saturated heterocycles. The Morgan fingerprint density at radius 2 is 2.04 bits per heavy atom. The number of nitrogens with zero attached hydrogens (tertiary/aromatic N) is 5. The maximum atomic E-state index is 14.1. The van der Waals surface area contributed by atoms with Crippen LogP contribution in [0, 0.1) is 11.6 Å². The third-order valence-corrected chi connectivity index (χ3v) is 4.31. The van der Waals surface area contributed by atoms with Gasteiger partial charge in [0.25, 0.3) is 0 Å². The molecule has 0 radical (unpaired) electrons. The summed E-state index contributed by atoms with van der Waals surface area (Å²) in [4.78, 5) is 12.7. The monoisotopic (exact) mass is 375 g/mol. The molecule has 0 amide bonds. The second-order valence-corrected chi connectivity index (χ2v) is 5.87. The van der Waals surface area contributed by atoms with Crippen molar-refractivity contribution in [3.8, 4) is 17.3 Å². The van der Waals surface area contributed by atoms with Crippen LogP contribution in [0.15, 0.2) is 43.0 Å². The molecule has 0 aliphatic heterocycles. The van der Waals surface area contributed by atoms with Crippen molar-refractivity contribution in [3.63, 3.8) is 0 Å². The SMILES string of the molecule is COc1cc2nc(Cn3ccnc3-c3cc(F)ccc3F)c(Cl)n2cn1. The molecule has 4 rings (SSSR count). The number of imidazole rings is 2. The van der Waals surface area contributed by atoms with Gasteiger partial charge in [-0.3, -0.25) is 4.40 Å². The van der Waals surface area contributed by atoms with Crippen molar-refractivity contribution in [2.24, 2.45) is 0 Å². The lowest BCUT2D eigenvalue weighted by atomic mass is 10.2. The summed E-state index contributed by atoms with van der Waals surface area (Å²) < 4.78 is 35.9. The summed E-state index contributed by atoms with van der Waals surface area (Å²) in [6.07, 6.45) is 4.67. The number of benzene rings is 1. The minimum Gasteiger partial charge on any atom is -0.481 e. The molecule has 132 valence electrons. The highest BCUT2D eigenvalue weighted by Gasteiger charge is 2.16. The van der Waals surface area contributed by atoms with Crippen LogP contribution in [-0.2, 0) is 6.54 Å². The molecule has 3 heterocycles. The lowest BCUT2D eigenvalue weighted by Gasteiger charge is -2.08. The summed E-state index contributed by atoms with van der Waals surface area (Å²) in [5.74, 6) is -0.407. The number of hydrogen-bond acceptors (Lipinski definition) is 4. The lowest BCUT2D eigenvalue weighted by Crippen LogP contribution is -2.03. The van der Waals surface area contributed by atoms with E-state index in [1.165, 1.54) is 19.6 Å². The van der Waals surface area contributed by atoms with E-state index in [-0.39, 0.29) is 17.9 Å². The topological polar surface area (TPSA) is 57.2 Å². The number of hydrogen-bond donors (Lipinski definition) is 0. The van der Waals surface area contributed by atoms with E-state index in [0.29, 0.717) is 22.4 Å². The van der Waals surface area contributed by atoms with E-state index in [2.05, 4.69) is 15.0 Å². The fraction of sp³-hybridized carbons (Fsp3) is 0.118. The minimum absolute atomic E-state index is 0.0678. The van der Waals surface area contributed by atoms with Gasteiger partial charge in [-0.1, -0.05) is 11.6 Å². The first-order valence-corrected chi connectivity index (χ1v) is 7.97. The van der Waals surface area contributed by atoms with Crippen LogP contribution in [0.3, 0.4) is 0 Å². The number of halogens is 3. The van der Waals surface area contributed by atoms with E-state index in [4.69, 9.17) is 16.3 Å². The van der Waals surface area contributed by atoms with Crippen molar-refractivity contribution in [2.45, 2.75) is 6.54 Å². The fourth-order valence-electron chi connectivity index (χ4n) is 2.68. The Morgan fingerprint density at radius 1 is 1.19 bits per heavy atom. The Balaban J connectivity index is 1.75. The molecule has 0 aliphatic rings. The molecule has 0 spiro atoms. The van der Waals surface area contributed by atoms with Crippen molar-refractivity contribution in [1.82, 2.24) is 23.9 Å². The molecule has 4 aromatic rings. The van der Waals surface area contributed by atoms with Crippen LogP contribution in [0.2, 0.25) is 5.15 Å². The van der Waals surface area contributed by atoms with E-state index in [0.717, 1.165) is 18.2 Å². The highest BCUT2D eigenvalue weighted by atomic mass is 35.5. The summed E-state index contributed by atoms with van der Waals surface area (Å²) in [7, 11) is 1.51. The Morgan fingerprint density at radius 3 is 2.85 bits per heavy atom. The normalized spacial score (nSPS) is 11.2. The van der Waals surface area contributed by atoms with Gasteiger partial charge in [-0.25, -0.2) is 23.7 Å². The molecule has 0 bridgehead atoms. The third-order valence-electron chi connectivity index (χ3n) is 3.91. The minimum atomic E-state index is -0.561. The van der Waals surface area contributed by atoms with Crippen molar-refractivity contribution in [2.75, 3.05) is 7.11 Å². The van der Waals surface area contributed by atoms with Crippen LogP contribution >= 0.6 is 11.6 Å². The molecular formula is C17H12ClF2N5O. The molecule has 3 aromatic heterocycles. The van der Waals surface area contributed by atoms with Crippen molar-refractivity contribution in [3.05, 3.63) is 65.5 Å². The summed E-state index contributed by atoms with van der Waals surface area (Å²) in [5.41, 5.74) is 1.17. The zero-order valence-electron chi connectivity index (χ0n) is 13.5. The van der Waals surface area contributed by atoms with Gasteiger partial charge in [-0.15, -0.1) is 0 Å². The average Bonchev–Trinajstić information content (AvgIpc) is 3.22. The highest BCUT2D eigenvalue weighted by molar-refractivity contribution is 6.30. The maximum Gasteiger partial charge on any atom is 0.218 e. The van der Waals surface area contributed by atoms with E-state index in [9.17, 15) is 8.78 Å². The van der Waals surface area contributed by atoms with Crippen LogP contribution in [0.4, 0.5) is 8.78 Å². The number of rotatable bonds is 4. The Labute approximate surface area is 151 Å². The van der Waals surface area contributed by atoms with E-state index in [1.54, 1.807) is 21.2 Å². The molecular weight excluding hydrogens is 364 g/mol. The van der Waals surface area contributed by atoms with Crippen molar-refractivity contribution in [1.29, 1.82) is 0 Å². The lowest BCUT2D eigenvalue weighted by molar-refractivity contribution is 0.397. The standard InChI is InChI=1S/C17H12ClF2N5O/c1-26-15-7-14-23-13(16(18)25(14)9-22-15)8-24-5-4-21-17(24)11-6-10(19)2-3-12(11)20/h2-7,9H,8H2,1H3. The van der Waals surface area contributed by atoms with Gasteiger partial charge in [0.2, 0.25) is 5.88 Å². The molecule has 0 N–H and O–H groups in total. The molecule has 0 saturated carbocycles. The zero-order chi connectivity index (χ0) is 18.3. The Hall–Kier alpha value is -3.00. The first-order chi connectivity index (χ1) is 12.6. The maximum absolute atomic E-state index is 14.1. The van der Waals surface area contributed by atoms with Gasteiger partial charge in [0.05, 0.1) is 24.9 Å². The van der Waals surface area contributed by atoms with Gasteiger partial charge < -0.3 is 9.30 Å². The van der Waals surface area contributed by atoms with E-state index >= 15 is 0 Å². The van der Waals surface area contributed by atoms with E-state index in [1.807, 2.05) is 0 Å². The first-order valence-electron chi connectivity index (χ1n) is 7.60.